The third-order valence-electron chi connectivity index (χ3n) is 11.4. The van der Waals surface area contributed by atoms with E-state index in [4.69, 9.17) is 14.2 Å². The summed E-state index contributed by atoms with van der Waals surface area (Å²) in [4.78, 5) is 26.2. The Hall–Kier alpha value is -3.16. The van der Waals surface area contributed by atoms with Crippen molar-refractivity contribution in [1.29, 1.82) is 0 Å². The molecule has 1 rings (SSSR count). The minimum absolute atomic E-state index is 0.0906. The number of hydrogen-bond acceptors (Lipinski definition) is 10. The van der Waals surface area contributed by atoms with Gasteiger partial charge in [-0.3, -0.25) is 9.59 Å². The van der Waals surface area contributed by atoms with E-state index in [0.717, 1.165) is 57.8 Å². The van der Waals surface area contributed by atoms with E-state index in [1.54, 1.807) is 6.08 Å². The van der Waals surface area contributed by atoms with Crippen molar-refractivity contribution in [2.75, 3.05) is 13.2 Å². The zero-order valence-electron chi connectivity index (χ0n) is 40.6. The van der Waals surface area contributed by atoms with Crippen LogP contribution in [0.5, 0.6) is 0 Å². The predicted octanol–water partition coefficient (Wildman–Crippen LogP) is 10.3. The number of esters is 1. The van der Waals surface area contributed by atoms with Crippen molar-refractivity contribution in [3.63, 3.8) is 0 Å². The number of nitrogens with one attached hydrogen (secondary N) is 1. The van der Waals surface area contributed by atoms with Gasteiger partial charge in [-0.1, -0.05) is 196 Å². The van der Waals surface area contributed by atoms with E-state index < -0.39 is 67.4 Å². The minimum Gasteiger partial charge on any atom is -0.454 e. The quantitative estimate of drug-likeness (QED) is 0.0150. The molecule has 0 spiro atoms. The first-order valence-electron chi connectivity index (χ1n) is 25.4. The fourth-order valence-electron chi connectivity index (χ4n) is 7.32. The van der Waals surface area contributed by atoms with Gasteiger partial charge in [0.25, 0.3) is 0 Å². The first-order chi connectivity index (χ1) is 31.7. The SMILES string of the molecule is CC/C=C/C=C/C=C\C=C/C=C/CCC(O)C(=O)NC(COC1OC(CO)C(O)C(O)C1OC(=O)CCCCC/C=C\CCCCCCCC)C(O)/C=C/CCCCCCCCCCC. The molecule has 65 heavy (non-hydrogen) atoms. The molecule has 1 heterocycles. The van der Waals surface area contributed by atoms with E-state index >= 15 is 0 Å². The Morgan fingerprint density at radius 2 is 1.12 bits per heavy atom. The van der Waals surface area contributed by atoms with Crippen molar-refractivity contribution in [3.05, 3.63) is 85.1 Å². The van der Waals surface area contributed by atoms with Gasteiger partial charge in [0.15, 0.2) is 12.4 Å². The number of aliphatic hydroxyl groups is 5. The van der Waals surface area contributed by atoms with Crippen LogP contribution in [0.2, 0.25) is 0 Å². The molecule has 0 aromatic heterocycles. The Balaban J connectivity index is 2.86. The summed E-state index contributed by atoms with van der Waals surface area (Å²) in [5.74, 6) is -1.30. The van der Waals surface area contributed by atoms with E-state index in [0.29, 0.717) is 12.8 Å². The first-order valence-corrected chi connectivity index (χ1v) is 25.4. The Morgan fingerprint density at radius 1 is 0.615 bits per heavy atom. The van der Waals surface area contributed by atoms with Crippen LogP contribution in [0.1, 0.15) is 181 Å². The Labute approximate surface area is 393 Å². The number of allylic oxidation sites excluding steroid dienone is 13. The Kier molecular flexibility index (Phi) is 38.9. The van der Waals surface area contributed by atoms with Crippen molar-refractivity contribution in [2.24, 2.45) is 0 Å². The van der Waals surface area contributed by atoms with Gasteiger partial charge in [-0.15, -0.1) is 0 Å². The van der Waals surface area contributed by atoms with Gasteiger partial charge in [0.05, 0.1) is 25.4 Å². The molecular formula is C54H91NO10. The molecule has 6 N–H and O–H groups in total. The van der Waals surface area contributed by atoms with Crippen molar-refractivity contribution in [2.45, 2.75) is 230 Å². The van der Waals surface area contributed by atoms with Gasteiger partial charge in [0.1, 0.15) is 24.4 Å². The molecule has 1 aliphatic rings. The number of carbonyl (C=O) groups is 2. The summed E-state index contributed by atoms with van der Waals surface area (Å²) < 4.78 is 17.4. The second-order valence-electron chi connectivity index (χ2n) is 17.3. The summed E-state index contributed by atoms with van der Waals surface area (Å²) >= 11 is 0. The van der Waals surface area contributed by atoms with Crippen LogP contribution in [0.15, 0.2) is 85.1 Å². The maximum atomic E-state index is 13.2. The highest BCUT2D eigenvalue weighted by Gasteiger charge is 2.47. The average Bonchev–Trinajstić information content (AvgIpc) is 3.30. The summed E-state index contributed by atoms with van der Waals surface area (Å²) in [6.07, 6.45) is 42.3. The number of amides is 1. The van der Waals surface area contributed by atoms with Crippen molar-refractivity contribution >= 4 is 11.9 Å². The normalized spacial score (nSPS) is 21.0. The fourth-order valence-corrected chi connectivity index (χ4v) is 7.32. The topological polar surface area (TPSA) is 175 Å². The number of ether oxygens (including phenoxy) is 3. The molecule has 1 fully saturated rings. The third-order valence-corrected chi connectivity index (χ3v) is 11.4. The lowest BCUT2D eigenvalue weighted by atomic mass is 9.99. The van der Waals surface area contributed by atoms with Crippen LogP contribution in [0.4, 0.5) is 0 Å². The highest BCUT2D eigenvalue weighted by molar-refractivity contribution is 5.80. The molecule has 372 valence electrons. The van der Waals surface area contributed by atoms with Gasteiger partial charge < -0.3 is 45.1 Å². The van der Waals surface area contributed by atoms with Crippen LogP contribution in [-0.2, 0) is 23.8 Å². The molecule has 1 saturated heterocycles. The van der Waals surface area contributed by atoms with Crippen LogP contribution in [0, 0.1) is 0 Å². The number of hydrogen-bond donors (Lipinski definition) is 6. The van der Waals surface area contributed by atoms with Gasteiger partial charge in [-0.25, -0.2) is 0 Å². The zero-order valence-corrected chi connectivity index (χ0v) is 40.6. The second-order valence-corrected chi connectivity index (χ2v) is 17.3. The van der Waals surface area contributed by atoms with E-state index in [1.807, 2.05) is 60.8 Å². The lowest BCUT2D eigenvalue weighted by molar-refractivity contribution is -0.305. The predicted molar refractivity (Wildman–Crippen MR) is 264 cm³/mol. The summed E-state index contributed by atoms with van der Waals surface area (Å²) in [5.41, 5.74) is 0. The molecule has 11 heteroatoms. The molecule has 0 radical (unpaired) electrons. The number of carbonyl (C=O) groups excluding carboxylic acids is 2. The fraction of sp³-hybridized carbons (Fsp3) is 0.704. The largest absolute Gasteiger partial charge is 0.454 e. The number of unbranched alkanes of at least 4 members (excludes halogenated alkanes) is 18. The van der Waals surface area contributed by atoms with E-state index in [-0.39, 0.29) is 19.4 Å². The van der Waals surface area contributed by atoms with E-state index in [1.165, 1.54) is 77.0 Å². The van der Waals surface area contributed by atoms with Crippen LogP contribution in [0.3, 0.4) is 0 Å². The smallest absolute Gasteiger partial charge is 0.306 e. The molecule has 1 aliphatic heterocycles. The third kappa shape index (κ3) is 31.4. The summed E-state index contributed by atoms with van der Waals surface area (Å²) in [5, 5.41) is 56.4. The zero-order chi connectivity index (χ0) is 47.6. The number of rotatable bonds is 40. The lowest BCUT2D eigenvalue weighted by Crippen LogP contribution is -2.61. The van der Waals surface area contributed by atoms with Crippen LogP contribution < -0.4 is 5.32 Å². The standard InChI is InChI=1S/C54H91NO10/c1-4-7-10-13-16-19-22-24-27-30-33-36-39-42-49(59)65-52-51(61)50(60)48(43-56)64-54(52)63-44-45(46(57)40-37-34-31-28-25-21-18-15-12-9-6-3)55-53(62)47(58)41-38-35-32-29-26-23-20-17-14-11-8-5-2/h8,11,14,17,20,23-24,26-27,29,32,35,37,40,45-48,50-52,54,56-58,60-61H,4-7,9-10,12-13,15-16,18-19,21-22,25,28,30-31,33-34,36,38-39,41-44H2,1-3H3,(H,55,62)/b11-8+,17-14+,23-20-,27-24-,29-26-,35-32+,40-37+. The van der Waals surface area contributed by atoms with Gasteiger partial charge in [0.2, 0.25) is 5.91 Å². The van der Waals surface area contributed by atoms with Crippen molar-refractivity contribution in [3.8, 4) is 0 Å². The molecule has 0 saturated carbocycles. The average molecular weight is 914 g/mol. The minimum atomic E-state index is -1.63. The monoisotopic (exact) mass is 914 g/mol. The summed E-state index contributed by atoms with van der Waals surface area (Å²) in [6.45, 7) is 5.52. The molecule has 0 aromatic carbocycles. The highest BCUT2D eigenvalue weighted by Crippen LogP contribution is 2.26. The highest BCUT2D eigenvalue weighted by atomic mass is 16.7. The first kappa shape index (κ1) is 59.9. The molecule has 0 aliphatic carbocycles. The summed E-state index contributed by atoms with van der Waals surface area (Å²) in [7, 11) is 0. The molecular weight excluding hydrogens is 823 g/mol. The van der Waals surface area contributed by atoms with Crippen LogP contribution >= 0.6 is 0 Å². The van der Waals surface area contributed by atoms with E-state index in [9.17, 15) is 35.1 Å². The van der Waals surface area contributed by atoms with Gasteiger partial charge in [-0.05, 0) is 64.2 Å². The maximum Gasteiger partial charge on any atom is 0.306 e. The molecule has 0 aromatic rings. The van der Waals surface area contributed by atoms with Gasteiger partial charge in [0, 0.05) is 6.42 Å². The van der Waals surface area contributed by atoms with Crippen LogP contribution in [-0.4, -0.2) is 99.6 Å². The second kappa shape index (κ2) is 42.2. The van der Waals surface area contributed by atoms with Crippen molar-refractivity contribution < 1.29 is 49.3 Å². The Bertz CT molecular complexity index is 1370. The molecule has 0 bridgehead atoms. The lowest BCUT2D eigenvalue weighted by Gasteiger charge is -2.41. The van der Waals surface area contributed by atoms with Crippen molar-refractivity contribution in [1.82, 2.24) is 5.32 Å². The molecule has 8 unspecified atom stereocenters. The molecule has 11 nitrogen and oxygen atoms in total. The maximum absolute atomic E-state index is 13.2. The Morgan fingerprint density at radius 3 is 1.68 bits per heavy atom. The van der Waals surface area contributed by atoms with Crippen LogP contribution in [0.25, 0.3) is 0 Å². The number of aliphatic hydroxyl groups excluding tert-OH is 5. The van der Waals surface area contributed by atoms with Gasteiger partial charge >= 0.3 is 5.97 Å². The van der Waals surface area contributed by atoms with E-state index in [2.05, 4.69) is 44.3 Å². The molecule has 8 atom stereocenters. The summed E-state index contributed by atoms with van der Waals surface area (Å²) in [6, 6.07) is -1.07. The van der Waals surface area contributed by atoms with Gasteiger partial charge in [-0.2, -0.15) is 0 Å². The molecule has 1 amide bonds.